The molecule has 0 radical (unpaired) electrons. The number of pyridine rings is 1. The average Bonchev–Trinajstić information content (AvgIpc) is 2.81. The van der Waals surface area contributed by atoms with Gasteiger partial charge in [0.05, 0.1) is 23.6 Å². The Balaban J connectivity index is 1.74. The standard InChI is InChI=1S/C25H29F4N3O3S/c1-16(18-9-12-22(20(26)14-18)32-36(2,34)35)24(33)30-15-19-10-13-23(25(27,28)29)31-21(19)11-8-17-6-4-3-5-7-17/h8-14,16-17,32H,3-7,15H2,1-2H3,(H,30,33)/b11-8+. The lowest BCUT2D eigenvalue weighted by molar-refractivity contribution is -0.141. The molecule has 1 aliphatic carbocycles. The highest BCUT2D eigenvalue weighted by Crippen LogP contribution is 2.30. The number of anilines is 1. The first-order valence-electron chi connectivity index (χ1n) is 11.6. The van der Waals surface area contributed by atoms with Gasteiger partial charge in [-0.15, -0.1) is 0 Å². The van der Waals surface area contributed by atoms with Gasteiger partial charge in [0, 0.05) is 6.54 Å². The summed E-state index contributed by atoms with van der Waals surface area (Å²) in [5.74, 6) is -1.82. The lowest BCUT2D eigenvalue weighted by Gasteiger charge is -2.18. The van der Waals surface area contributed by atoms with Crippen LogP contribution in [0, 0.1) is 11.7 Å². The predicted octanol–water partition coefficient (Wildman–Crippen LogP) is 5.62. The minimum absolute atomic E-state index is 0.0607. The molecular weight excluding hydrogens is 498 g/mol. The highest BCUT2D eigenvalue weighted by Gasteiger charge is 2.33. The second-order valence-corrected chi connectivity index (χ2v) is 10.8. The Bertz CT molecular complexity index is 1220. The van der Waals surface area contributed by atoms with E-state index < -0.39 is 39.5 Å². The number of alkyl halides is 3. The molecule has 36 heavy (non-hydrogen) atoms. The number of halogens is 4. The van der Waals surface area contributed by atoms with Crippen LogP contribution < -0.4 is 10.0 Å². The van der Waals surface area contributed by atoms with E-state index in [2.05, 4.69) is 15.0 Å². The molecule has 0 saturated heterocycles. The highest BCUT2D eigenvalue weighted by atomic mass is 32.2. The Morgan fingerprint density at radius 3 is 2.47 bits per heavy atom. The van der Waals surface area contributed by atoms with E-state index in [4.69, 9.17) is 0 Å². The maximum atomic E-state index is 14.3. The van der Waals surface area contributed by atoms with Crippen LogP contribution in [0.1, 0.15) is 67.5 Å². The van der Waals surface area contributed by atoms with E-state index in [0.29, 0.717) is 11.1 Å². The zero-order valence-electron chi connectivity index (χ0n) is 20.0. The van der Waals surface area contributed by atoms with Crippen LogP contribution in [0.4, 0.5) is 23.2 Å². The molecule has 1 atom stereocenters. The van der Waals surface area contributed by atoms with E-state index in [0.717, 1.165) is 50.5 Å². The third-order valence-electron chi connectivity index (χ3n) is 6.11. The van der Waals surface area contributed by atoms with E-state index in [9.17, 15) is 30.8 Å². The Morgan fingerprint density at radius 2 is 1.86 bits per heavy atom. The molecule has 11 heteroatoms. The fourth-order valence-corrected chi connectivity index (χ4v) is 4.64. The van der Waals surface area contributed by atoms with Crippen LogP contribution in [0.3, 0.4) is 0 Å². The number of carbonyl (C=O) groups is 1. The molecule has 2 aromatic rings. The molecule has 2 N–H and O–H groups in total. The van der Waals surface area contributed by atoms with Gasteiger partial charge in [0.25, 0.3) is 0 Å². The maximum Gasteiger partial charge on any atom is 0.433 e. The van der Waals surface area contributed by atoms with Crippen molar-refractivity contribution in [2.75, 3.05) is 11.0 Å². The Morgan fingerprint density at radius 1 is 1.17 bits per heavy atom. The molecular formula is C25H29F4N3O3S. The number of amides is 1. The van der Waals surface area contributed by atoms with Crippen molar-refractivity contribution in [1.82, 2.24) is 10.3 Å². The second-order valence-electron chi connectivity index (χ2n) is 9.05. The Kier molecular flexibility index (Phi) is 8.76. The molecule has 196 valence electrons. The number of carbonyl (C=O) groups excluding carboxylic acids is 1. The van der Waals surface area contributed by atoms with Crippen molar-refractivity contribution in [3.05, 3.63) is 64.7 Å². The number of nitrogens with one attached hydrogen (secondary N) is 2. The first-order chi connectivity index (χ1) is 16.8. The van der Waals surface area contributed by atoms with Crippen molar-refractivity contribution in [1.29, 1.82) is 0 Å². The zero-order chi connectivity index (χ0) is 26.5. The highest BCUT2D eigenvalue weighted by molar-refractivity contribution is 7.92. The molecule has 1 aromatic heterocycles. The molecule has 1 aliphatic rings. The van der Waals surface area contributed by atoms with Gasteiger partial charge in [-0.2, -0.15) is 13.2 Å². The van der Waals surface area contributed by atoms with Gasteiger partial charge < -0.3 is 5.32 Å². The van der Waals surface area contributed by atoms with Crippen LogP contribution in [-0.4, -0.2) is 25.6 Å². The van der Waals surface area contributed by atoms with E-state index in [1.807, 2.05) is 6.08 Å². The largest absolute Gasteiger partial charge is 0.433 e. The summed E-state index contributed by atoms with van der Waals surface area (Å²) in [6.07, 6.45) is 5.07. The number of allylic oxidation sites excluding steroid dienone is 1. The fraction of sp³-hybridized carbons (Fsp3) is 0.440. The molecule has 1 aromatic carbocycles. The second kappa shape index (κ2) is 11.4. The summed E-state index contributed by atoms with van der Waals surface area (Å²) in [6, 6.07) is 5.90. The van der Waals surface area contributed by atoms with Crippen LogP contribution in [0.25, 0.3) is 6.08 Å². The number of sulfonamides is 1. The van der Waals surface area contributed by atoms with Crippen molar-refractivity contribution < 1.29 is 30.8 Å². The van der Waals surface area contributed by atoms with Crippen LogP contribution in [0.15, 0.2) is 36.4 Å². The van der Waals surface area contributed by atoms with E-state index >= 15 is 0 Å². The quantitative estimate of drug-likeness (QED) is 0.436. The van der Waals surface area contributed by atoms with Crippen molar-refractivity contribution in [3.63, 3.8) is 0 Å². The number of benzene rings is 1. The zero-order valence-corrected chi connectivity index (χ0v) is 20.8. The van der Waals surface area contributed by atoms with Gasteiger partial charge >= 0.3 is 6.18 Å². The summed E-state index contributed by atoms with van der Waals surface area (Å²) in [6.45, 7) is 1.48. The van der Waals surface area contributed by atoms with Gasteiger partial charge in [0.15, 0.2) is 0 Å². The van der Waals surface area contributed by atoms with E-state index in [-0.39, 0.29) is 23.8 Å². The molecule has 1 heterocycles. The van der Waals surface area contributed by atoms with Crippen molar-refractivity contribution in [3.8, 4) is 0 Å². The van der Waals surface area contributed by atoms with E-state index in [1.54, 1.807) is 13.0 Å². The SMILES string of the molecule is CC(C(=O)NCc1ccc(C(F)(F)F)nc1/C=C/C1CCCCC1)c1ccc(NS(C)(=O)=O)c(F)c1. The van der Waals surface area contributed by atoms with Crippen molar-refractivity contribution in [2.24, 2.45) is 5.92 Å². The fourth-order valence-electron chi connectivity index (χ4n) is 4.08. The molecule has 3 rings (SSSR count). The Labute approximate surface area is 208 Å². The van der Waals surface area contributed by atoms with Gasteiger partial charge in [-0.3, -0.25) is 9.52 Å². The third-order valence-corrected chi connectivity index (χ3v) is 6.70. The van der Waals surface area contributed by atoms with Crippen LogP contribution in [-0.2, 0) is 27.5 Å². The molecule has 6 nitrogen and oxygen atoms in total. The summed E-state index contributed by atoms with van der Waals surface area (Å²) in [5, 5.41) is 2.68. The van der Waals surface area contributed by atoms with Gasteiger partial charge in [-0.25, -0.2) is 17.8 Å². The lowest BCUT2D eigenvalue weighted by atomic mass is 9.89. The lowest BCUT2D eigenvalue weighted by Crippen LogP contribution is -2.28. The van der Waals surface area contributed by atoms with E-state index in [1.165, 1.54) is 18.2 Å². The number of rotatable bonds is 8. The monoisotopic (exact) mass is 527 g/mol. The average molecular weight is 528 g/mol. The van der Waals surface area contributed by atoms with Gasteiger partial charge in [0.2, 0.25) is 15.9 Å². The molecule has 0 spiro atoms. The van der Waals surface area contributed by atoms with Gasteiger partial charge in [0.1, 0.15) is 11.5 Å². The van der Waals surface area contributed by atoms with Crippen molar-refractivity contribution in [2.45, 2.75) is 57.7 Å². The smallest absolute Gasteiger partial charge is 0.351 e. The summed E-state index contributed by atoms with van der Waals surface area (Å²) in [5.41, 5.74) is -0.362. The van der Waals surface area contributed by atoms with Crippen LogP contribution in [0.2, 0.25) is 0 Å². The molecule has 0 bridgehead atoms. The number of nitrogens with zero attached hydrogens (tertiary/aromatic N) is 1. The van der Waals surface area contributed by atoms with Gasteiger partial charge in [-0.05, 0) is 61.1 Å². The van der Waals surface area contributed by atoms with Gasteiger partial charge in [-0.1, -0.05) is 37.5 Å². The molecule has 1 unspecified atom stereocenters. The summed E-state index contributed by atoms with van der Waals surface area (Å²) >= 11 is 0. The molecule has 1 saturated carbocycles. The minimum Gasteiger partial charge on any atom is -0.351 e. The summed E-state index contributed by atoms with van der Waals surface area (Å²) < 4.78 is 78.7. The van der Waals surface area contributed by atoms with Crippen LogP contribution >= 0.6 is 0 Å². The summed E-state index contributed by atoms with van der Waals surface area (Å²) in [4.78, 5) is 16.5. The van der Waals surface area contributed by atoms with Crippen molar-refractivity contribution >= 4 is 27.7 Å². The normalized spacial score (nSPS) is 16.2. The number of aromatic nitrogens is 1. The molecule has 0 aliphatic heterocycles. The summed E-state index contributed by atoms with van der Waals surface area (Å²) in [7, 11) is -3.67. The number of hydrogen-bond donors (Lipinski definition) is 2. The van der Waals surface area contributed by atoms with Crippen LogP contribution in [0.5, 0.6) is 0 Å². The Hall–Kier alpha value is -2.95. The first kappa shape index (κ1) is 27.6. The predicted molar refractivity (Wildman–Crippen MR) is 130 cm³/mol. The third kappa shape index (κ3) is 7.78. The minimum atomic E-state index is -4.59. The number of hydrogen-bond acceptors (Lipinski definition) is 4. The topological polar surface area (TPSA) is 88.2 Å². The molecule has 1 fully saturated rings. The maximum absolute atomic E-state index is 14.3. The molecule has 1 amide bonds. The first-order valence-corrected chi connectivity index (χ1v) is 13.5.